The minimum absolute atomic E-state index is 0.138. The molecule has 0 aliphatic carbocycles. The lowest BCUT2D eigenvalue weighted by Gasteiger charge is -2.27. The van der Waals surface area contributed by atoms with Crippen LogP contribution in [0.5, 0.6) is 0 Å². The maximum atomic E-state index is 8.92. The van der Waals surface area contributed by atoms with Gasteiger partial charge >= 0.3 is 0 Å². The molecule has 3 heteroatoms. The fraction of sp³-hybridized carbons (Fsp3) is 0.188. The Morgan fingerprint density at radius 2 is 2.05 bits per heavy atom. The van der Waals surface area contributed by atoms with Crippen LogP contribution >= 0.6 is 0 Å². The summed E-state index contributed by atoms with van der Waals surface area (Å²) in [6, 6.07) is 18.1. The van der Waals surface area contributed by atoms with Gasteiger partial charge in [0.05, 0.1) is 30.9 Å². The molecule has 0 bridgehead atoms. The van der Waals surface area contributed by atoms with Crippen molar-refractivity contribution >= 4 is 5.69 Å². The van der Waals surface area contributed by atoms with E-state index in [-0.39, 0.29) is 6.04 Å². The lowest BCUT2D eigenvalue weighted by atomic mass is 9.99. The van der Waals surface area contributed by atoms with Crippen LogP contribution in [0.15, 0.2) is 48.5 Å². The molecule has 94 valence electrons. The zero-order valence-electron chi connectivity index (χ0n) is 10.5. The van der Waals surface area contributed by atoms with Crippen LogP contribution in [0.4, 0.5) is 5.69 Å². The number of nitrogens with one attached hydrogen (secondary N) is 1. The lowest BCUT2D eigenvalue weighted by Crippen LogP contribution is -2.23. The van der Waals surface area contributed by atoms with Crippen LogP contribution in [-0.2, 0) is 11.3 Å². The Labute approximate surface area is 112 Å². The molecule has 2 aromatic carbocycles. The average molecular weight is 250 g/mol. The molecule has 3 rings (SSSR count). The van der Waals surface area contributed by atoms with Crippen LogP contribution in [0.1, 0.15) is 22.7 Å². The van der Waals surface area contributed by atoms with Crippen LogP contribution in [0.2, 0.25) is 0 Å². The Hall–Kier alpha value is -2.31. The van der Waals surface area contributed by atoms with Gasteiger partial charge in [-0.1, -0.05) is 30.3 Å². The SMILES string of the molecule is N#Cc1cccc(NC2COCc3ccccc32)c1. The molecular formula is C16H14N2O. The molecule has 19 heavy (non-hydrogen) atoms. The van der Waals surface area contributed by atoms with Crippen molar-refractivity contribution in [1.29, 1.82) is 5.26 Å². The molecule has 0 spiro atoms. The number of rotatable bonds is 2. The maximum Gasteiger partial charge on any atom is 0.0992 e. The summed E-state index contributed by atoms with van der Waals surface area (Å²) in [5.41, 5.74) is 4.11. The summed E-state index contributed by atoms with van der Waals surface area (Å²) in [7, 11) is 0. The Bertz CT molecular complexity index is 631. The number of hydrogen-bond acceptors (Lipinski definition) is 3. The molecule has 2 aromatic rings. The van der Waals surface area contributed by atoms with E-state index in [4.69, 9.17) is 10.00 Å². The van der Waals surface area contributed by atoms with Crippen molar-refractivity contribution in [2.45, 2.75) is 12.6 Å². The summed E-state index contributed by atoms with van der Waals surface area (Å²) in [4.78, 5) is 0. The standard InChI is InChI=1S/C16H14N2O/c17-9-12-4-3-6-14(8-12)18-16-11-19-10-13-5-1-2-7-15(13)16/h1-8,16,18H,10-11H2. The van der Waals surface area contributed by atoms with E-state index >= 15 is 0 Å². The van der Waals surface area contributed by atoms with Gasteiger partial charge in [-0.3, -0.25) is 0 Å². The van der Waals surface area contributed by atoms with E-state index in [1.807, 2.05) is 30.3 Å². The van der Waals surface area contributed by atoms with Crippen molar-refractivity contribution in [3.05, 3.63) is 65.2 Å². The van der Waals surface area contributed by atoms with Gasteiger partial charge in [0.15, 0.2) is 0 Å². The smallest absolute Gasteiger partial charge is 0.0992 e. The molecule has 1 N–H and O–H groups in total. The summed E-state index contributed by atoms with van der Waals surface area (Å²) in [5.74, 6) is 0. The van der Waals surface area contributed by atoms with Crippen LogP contribution in [0, 0.1) is 11.3 Å². The Morgan fingerprint density at radius 1 is 1.16 bits per heavy atom. The molecule has 1 atom stereocenters. The van der Waals surface area contributed by atoms with Crippen LogP contribution in [-0.4, -0.2) is 6.61 Å². The van der Waals surface area contributed by atoms with Crippen LogP contribution < -0.4 is 5.32 Å². The predicted octanol–water partition coefficient (Wildman–Crippen LogP) is 3.24. The van der Waals surface area contributed by atoms with Gasteiger partial charge in [0.25, 0.3) is 0 Å². The summed E-state index contributed by atoms with van der Waals surface area (Å²) in [5, 5.41) is 12.4. The number of nitriles is 1. The van der Waals surface area contributed by atoms with E-state index in [1.165, 1.54) is 11.1 Å². The quantitative estimate of drug-likeness (QED) is 0.890. The predicted molar refractivity (Wildman–Crippen MR) is 73.6 cm³/mol. The molecule has 0 amide bonds. The van der Waals surface area contributed by atoms with Crippen molar-refractivity contribution in [3.8, 4) is 6.07 Å². The van der Waals surface area contributed by atoms with Gasteiger partial charge in [-0.2, -0.15) is 5.26 Å². The number of benzene rings is 2. The largest absolute Gasteiger partial charge is 0.376 e. The molecule has 1 aliphatic rings. The fourth-order valence-corrected chi connectivity index (χ4v) is 2.38. The van der Waals surface area contributed by atoms with Gasteiger partial charge < -0.3 is 10.1 Å². The second kappa shape index (κ2) is 5.13. The molecule has 1 aliphatic heterocycles. The van der Waals surface area contributed by atoms with E-state index in [0.717, 1.165) is 5.69 Å². The molecule has 0 radical (unpaired) electrons. The third kappa shape index (κ3) is 2.44. The zero-order valence-corrected chi connectivity index (χ0v) is 10.5. The molecular weight excluding hydrogens is 236 g/mol. The van der Waals surface area contributed by atoms with Crippen molar-refractivity contribution < 1.29 is 4.74 Å². The normalized spacial score (nSPS) is 17.3. The van der Waals surface area contributed by atoms with E-state index in [0.29, 0.717) is 18.8 Å². The Kier molecular flexibility index (Phi) is 3.18. The first-order valence-corrected chi connectivity index (χ1v) is 6.29. The molecule has 3 nitrogen and oxygen atoms in total. The van der Waals surface area contributed by atoms with Crippen molar-refractivity contribution in [2.24, 2.45) is 0 Å². The molecule has 1 unspecified atom stereocenters. The molecule has 0 saturated heterocycles. The van der Waals surface area contributed by atoms with Crippen LogP contribution in [0.3, 0.4) is 0 Å². The van der Waals surface area contributed by atoms with Gasteiger partial charge in [-0.05, 0) is 29.3 Å². The minimum Gasteiger partial charge on any atom is -0.376 e. The monoisotopic (exact) mass is 250 g/mol. The summed E-state index contributed by atoms with van der Waals surface area (Å²) in [6.07, 6.45) is 0. The zero-order chi connectivity index (χ0) is 13.1. The van der Waals surface area contributed by atoms with Gasteiger partial charge in [0.1, 0.15) is 0 Å². The summed E-state index contributed by atoms with van der Waals surface area (Å²) in [6.45, 7) is 1.32. The van der Waals surface area contributed by atoms with Crippen LogP contribution in [0.25, 0.3) is 0 Å². The topological polar surface area (TPSA) is 45.0 Å². The van der Waals surface area contributed by atoms with Crippen molar-refractivity contribution in [1.82, 2.24) is 0 Å². The van der Waals surface area contributed by atoms with Gasteiger partial charge in [-0.15, -0.1) is 0 Å². The Balaban J connectivity index is 1.86. The van der Waals surface area contributed by atoms with Crippen molar-refractivity contribution in [2.75, 3.05) is 11.9 Å². The summed E-state index contributed by atoms with van der Waals surface area (Å²) >= 11 is 0. The highest BCUT2D eigenvalue weighted by Gasteiger charge is 2.19. The second-order valence-electron chi connectivity index (χ2n) is 4.60. The van der Waals surface area contributed by atoms with Crippen molar-refractivity contribution in [3.63, 3.8) is 0 Å². The molecule has 0 aromatic heterocycles. The number of hydrogen-bond donors (Lipinski definition) is 1. The number of ether oxygens (including phenoxy) is 1. The fourth-order valence-electron chi connectivity index (χ4n) is 2.38. The second-order valence-corrected chi connectivity index (χ2v) is 4.60. The van der Waals surface area contributed by atoms with E-state index in [2.05, 4.69) is 23.5 Å². The number of anilines is 1. The molecule has 0 saturated carbocycles. The lowest BCUT2D eigenvalue weighted by molar-refractivity contribution is 0.0970. The first kappa shape index (κ1) is 11.8. The number of fused-ring (bicyclic) bond motifs is 1. The van der Waals surface area contributed by atoms with E-state index < -0.39 is 0 Å². The number of nitrogens with zero attached hydrogens (tertiary/aromatic N) is 1. The Morgan fingerprint density at radius 3 is 2.95 bits per heavy atom. The minimum atomic E-state index is 0.138. The molecule has 0 fully saturated rings. The third-order valence-corrected chi connectivity index (χ3v) is 3.31. The highest BCUT2D eigenvalue weighted by atomic mass is 16.5. The summed E-state index contributed by atoms with van der Waals surface area (Å²) < 4.78 is 5.61. The van der Waals surface area contributed by atoms with E-state index in [1.54, 1.807) is 6.07 Å². The molecule has 1 heterocycles. The maximum absolute atomic E-state index is 8.92. The average Bonchev–Trinajstić information content (AvgIpc) is 2.48. The first-order chi connectivity index (χ1) is 9.36. The van der Waals surface area contributed by atoms with Gasteiger partial charge in [-0.25, -0.2) is 0 Å². The highest BCUT2D eigenvalue weighted by molar-refractivity contribution is 5.51. The van der Waals surface area contributed by atoms with Gasteiger partial charge in [0.2, 0.25) is 0 Å². The first-order valence-electron chi connectivity index (χ1n) is 6.29. The highest BCUT2D eigenvalue weighted by Crippen LogP contribution is 2.27. The van der Waals surface area contributed by atoms with E-state index in [9.17, 15) is 0 Å². The third-order valence-electron chi connectivity index (χ3n) is 3.31. The van der Waals surface area contributed by atoms with Gasteiger partial charge in [0, 0.05) is 5.69 Å².